The van der Waals surface area contributed by atoms with Gasteiger partial charge in [-0.3, -0.25) is 4.79 Å². The van der Waals surface area contributed by atoms with Gasteiger partial charge in [0.1, 0.15) is 17.0 Å². The SMILES string of the molecule is COc1ccc(C(=O)Nc2ccc3oc(-c4ccc(OC)c(Cl)c4)nc3c2)cc1. The molecule has 0 unspecified atom stereocenters. The summed E-state index contributed by atoms with van der Waals surface area (Å²) in [5, 5.41) is 3.33. The number of rotatable bonds is 5. The molecule has 1 N–H and O–H groups in total. The predicted molar refractivity (Wildman–Crippen MR) is 112 cm³/mol. The van der Waals surface area contributed by atoms with Crippen molar-refractivity contribution in [3.05, 3.63) is 71.2 Å². The van der Waals surface area contributed by atoms with Crippen molar-refractivity contribution in [1.29, 1.82) is 0 Å². The summed E-state index contributed by atoms with van der Waals surface area (Å²) in [5.74, 6) is 1.48. The minimum Gasteiger partial charge on any atom is -0.497 e. The summed E-state index contributed by atoms with van der Waals surface area (Å²) >= 11 is 6.19. The fourth-order valence-electron chi connectivity index (χ4n) is 2.87. The number of carbonyl (C=O) groups is 1. The Labute approximate surface area is 172 Å². The van der Waals surface area contributed by atoms with Crippen molar-refractivity contribution >= 4 is 34.3 Å². The highest BCUT2D eigenvalue weighted by molar-refractivity contribution is 6.32. The highest BCUT2D eigenvalue weighted by Crippen LogP contribution is 2.32. The van der Waals surface area contributed by atoms with Crippen LogP contribution in [0.15, 0.2) is 65.1 Å². The molecule has 0 aliphatic heterocycles. The Morgan fingerprint density at radius 2 is 1.79 bits per heavy atom. The summed E-state index contributed by atoms with van der Waals surface area (Å²) in [5.41, 5.74) is 3.11. The predicted octanol–water partition coefficient (Wildman–Crippen LogP) is 5.42. The smallest absolute Gasteiger partial charge is 0.255 e. The Morgan fingerprint density at radius 3 is 2.48 bits per heavy atom. The number of halogens is 1. The molecule has 146 valence electrons. The third kappa shape index (κ3) is 3.88. The lowest BCUT2D eigenvalue weighted by Crippen LogP contribution is -2.11. The molecular formula is C22H17ClN2O4. The molecule has 0 saturated carbocycles. The average molecular weight is 409 g/mol. The van der Waals surface area contributed by atoms with Gasteiger partial charge in [-0.15, -0.1) is 0 Å². The van der Waals surface area contributed by atoms with Crippen LogP contribution in [0.4, 0.5) is 5.69 Å². The fraction of sp³-hybridized carbons (Fsp3) is 0.0909. The van der Waals surface area contributed by atoms with E-state index in [4.69, 9.17) is 25.5 Å². The second-order valence-corrected chi connectivity index (χ2v) is 6.64. The molecule has 0 aliphatic carbocycles. The van der Waals surface area contributed by atoms with E-state index >= 15 is 0 Å². The molecule has 6 nitrogen and oxygen atoms in total. The normalized spacial score (nSPS) is 10.7. The van der Waals surface area contributed by atoms with Crippen LogP contribution >= 0.6 is 11.6 Å². The minimum atomic E-state index is -0.224. The van der Waals surface area contributed by atoms with Gasteiger partial charge in [-0.25, -0.2) is 4.98 Å². The summed E-state index contributed by atoms with van der Waals surface area (Å²) in [7, 11) is 3.14. The molecule has 4 rings (SSSR count). The molecule has 7 heteroatoms. The summed E-state index contributed by atoms with van der Waals surface area (Å²) in [6, 6.07) is 17.5. The van der Waals surface area contributed by atoms with E-state index < -0.39 is 0 Å². The van der Waals surface area contributed by atoms with Crippen molar-refractivity contribution in [1.82, 2.24) is 4.98 Å². The molecular weight excluding hydrogens is 392 g/mol. The number of fused-ring (bicyclic) bond motifs is 1. The first-order valence-electron chi connectivity index (χ1n) is 8.77. The van der Waals surface area contributed by atoms with Crippen LogP contribution in [0.25, 0.3) is 22.6 Å². The Kier molecular flexibility index (Phi) is 5.10. The third-order valence-corrected chi connectivity index (χ3v) is 4.69. The van der Waals surface area contributed by atoms with Gasteiger partial charge in [0, 0.05) is 16.8 Å². The minimum absolute atomic E-state index is 0.224. The molecule has 0 saturated heterocycles. The number of nitrogens with zero attached hydrogens (tertiary/aromatic N) is 1. The second-order valence-electron chi connectivity index (χ2n) is 6.23. The molecule has 1 heterocycles. The number of methoxy groups -OCH3 is 2. The van der Waals surface area contributed by atoms with Crippen molar-refractivity contribution in [2.75, 3.05) is 19.5 Å². The fourth-order valence-corrected chi connectivity index (χ4v) is 3.13. The quantitative estimate of drug-likeness (QED) is 0.477. The maximum Gasteiger partial charge on any atom is 0.255 e. The Morgan fingerprint density at radius 1 is 1.00 bits per heavy atom. The zero-order valence-corrected chi connectivity index (χ0v) is 16.5. The van der Waals surface area contributed by atoms with Crippen LogP contribution < -0.4 is 14.8 Å². The highest BCUT2D eigenvalue weighted by atomic mass is 35.5. The number of ether oxygens (including phenoxy) is 2. The monoisotopic (exact) mass is 408 g/mol. The number of benzene rings is 3. The standard InChI is InChI=1S/C22H17ClN2O4/c1-27-16-7-3-13(4-8-16)21(26)24-15-6-10-20-18(12-15)25-22(29-20)14-5-9-19(28-2)17(23)11-14/h3-12H,1-2H3,(H,24,26). The zero-order chi connectivity index (χ0) is 20.4. The number of aromatic nitrogens is 1. The van der Waals surface area contributed by atoms with Gasteiger partial charge in [0.2, 0.25) is 5.89 Å². The first-order chi connectivity index (χ1) is 14.1. The van der Waals surface area contributed by atoms with Crippen molar-refractivity contribution in [3.63, 3.8) is 0 Å². The van der Waals surface area contributed by atoms with E-state index in [0.717, 1.165) is 5.56 Å². The zero-order valence-electron chi connectivity index (χ0n) is 15.7. The summed E-state index contributed by atoms with van der Waals surface area (Å²) in [6.45, 7) is 0. The number of nitrogens with one attached hydrogen (secondary N) is 1. The topological polar surface area (TPSA) is 73.6 Å². The first kappa shape index (κ1) is 18.8. The molecule has 0 aliphatic rings. The number of hydrogen-bond acceptors (Lipinski definition) is 5. The van der Waals surface area contributed by atoms with Crippen LogP contribution in [0.5, 0.6) is 11.5 Å². The molecule has 1 aromatic heterocycles. The van der Waals surface area contributed by atoms with Gasteiger partial charge in [-0.2, -0.15) is 0 Å². The van der Waals surface area contributed by atoms with Gasteiger partial charge in [0.25, 0.3) is 5.91 Å². The maximum atomic E-state index is 12.5. The molecule has 4 aromatic rings. The van der Waals surface area contributed by atoms with Gasteiger partial charge >= 0.3 is 0 Å². The number of anilines is 1. The van der Waals surface area contributed by atoms with Crippen molar-refractivity contribution in [3.8, 4) is 23.0 Å². The maximum absolute atomic E-state index is 12.5. The number of hydrogen-bond donors (Lipinski definition) is 1. The second kappa shape index (κ2) is 7.85. The number of oxazole rings is 1. The van der Waals surface area contributed by atoms with E-state index in [0.29, 0.717) is 44.8 Å². The molecule has 1 amide bonds. The van der Waals surface area contributed by atoms with Crippen LogP contribution in [0, 0.1) is 0 Å². The van der Waals surface area contributed by atoms with Crippen LogP contribution in [0.2, 0.25) is 5.02 Å². The van der Waals surface area contributed by atoms with E-state index in [1.165, 1.54) is 0 Å². The van der Waals surface area contributed by atoms with E-state index in [1.54, 1.807) is 68.8 Å². The summed E-state index contributed by atoms with van der Waals surface area (Å²) in [4.78, 5) is 17.0. The highest BCUT2D eigenvalue weighted by Gasteiger charge is 2.12. The lowest BCUT2D eigenvalue weighted by molar-refractivity contribution is 0.102. The van der Waals surface area contributed by atoms with E-state index in [9.17, 15) is 4.79 Å². The first-order valence-corrected chi connectivity index (χ1v) is 9.15. The van der Waals surface area contributed by atoms with Crippen LogP contribution in [0.3, 0.4) is 0 Å². The lowest BCUT2D eigenvalue weighted by atomic mass is 10.2. The van der Waals surface area contributed by atoms with Crippen LogP contribution in [-0.4, -0.2) is 25.1 Å². The van der Waals surface area contributed by atoms with E-state index in [2.05, 4.69) is 10.3 Å². The lowest BCUT2D eigenvalue weighted by Gasteiger charge is -2.06. The number of amides is 1. The van der Waals surface area contributed by atoms with Gasteiger partial charge < -0.3 is 19.2 Å². The van der Waals surface area contributed by atoms with Gasteiger partial charge in [-0.05, 0) is 60.7 Å². The molecule has 29 heavy (non-hydrogen) atoms. The van der Waals surface area contributed by atoms with E-state index in [1.807, 2.05) is 6.07 Å². The molecule has 0 bridgehead atoms. The van der Waals surface area contributed by atoms with Crippen molar-refractivity contribution in [2.24, 2.45) is 0 Å². The Bertz CT molecular complexity index is 1190. The molecule has 0 atom stereocenters. The van der Waals surface area contributed by atoms with Gasteiger partial charge in [-0.1, -0.05) is 11.6 Å². The van der Waals surface area contributed by atoms with Crippen molar-refractivity contribution in [2.45, 2.75) is 0 Å². The number of carbonyl (C=O) groups excluding carboxylic acids is 1. The third-order valence-electron chi connectivity index (χ3n) is 4.40. The largest absolute Gasteiger partial charge is 0.497 e. The Hall–Kier alpha value is -3.51. The Balaban J connectivity index is 1.58. The van der Waals surface area contributed by atoms with Gasteiger partial charge in [0.05, 0.1) is 19.2 Å². The molecule has 0 fully saturated rings. The van der Waals surface area contributed by atoms with Crippen LogP contribution in [0.1, 0.15) is 10.4 Å². The molecule has 0 radical (unpaired) electrons. The summed E-state index contributed by atoms with van der Waals surface area (Å²) < 4.78 is 16.1. The average Bonchev–Trinajstić information content (AvgIpc) is 3.17. The van der Waals surface area contributed by atoms with E-state index in [-0.39, 0.29) is 5.91 Å². The summed E-state index contributed by atoms with van der Waals surface area (Å²) in [6.07, 6.45) is 0. The molecule has 3 aromatic carbocycles. The van der Waals surface area contributed by atoms with Gasteiger partial charge in [0.15, 0.2) is 5.58 Å². The van der Waals surface area contributed by atoms with Crippen LogP contribution in [-0.2, 0) is 0 Å². The van der Waals surface area contributed by atoms with Crippen molar-refractivity contribution < 1.29 is 18.7 Å². The molecule has 0 spiro atoms.